The average Bonchev–Trinajstić information content (AvgIpc) is 3.15. The number of ether oxygens (including phenoxy) is 2. The van der Waals surface area contributed by atoms with Gasteiger partial charge in [0, 0.05) is 18.8 Å². The van der Waals surface area contributed by atoms with Gasteiger partial charge in [0.25, 0.3) is 5.91 Å². The molecule has 0 radical (unpaired) electrons. The molecule has 0 saturated carbocycles. The fourth-order valence-electron chi connectivity index (χ4n) is 2.71. The molecule has 2 heterocycles. The number of pyridine rings is 1. The molecule has 1 atom stereocenters. The maximum absolute atomic E-state index is 11.8. The first kappa shape index (κ1) is 23.0. The Bertz CT molecular complexity index is 666. The Kier molecular flexibility index (Phi) is 10.6. The first-order chi connectivity index (χ1) is 12.3. The fraction of sp³-hybridized carbons (Fsp3) is 0.368. The molecule has 1 aliphatic rings. The van der Waals surface area contributed by atoms with Gasteiger partial charge in [0.1, 0.15) is 11.5 Å². The van der Waals surface area contributed by atoms with Crippen molar-refractivity contribution in [3.05, 3.63) is 48.7 Å². The van der Waals surface area contributed by atoms with Crippen molar-refractivity contribution in [1.29, 1.82) is 0 Å². The summed E-state index contributed by atoms with van der Waals surface area (Å²) in [6, 6.07) is 12.6. The SMILES string of the molecule is Cl.Cl.O=C(COc1ccc(Oc2ccccn2)cc1)NCCC1CCNC1. The number of nitrogens with zero attached hydrogens (tertiary/aromatic N) is 1. The topological polar surface area (TPSA) is 72.5 Å². The molecule has 3 rings (SSSR count). The van der Waals surface area contributed by atoms with Crippen molar-refractivity contribution in [2.45, 2.75) is 12.8 Å². The van der Waals surface area contributed by atoms with E-state index in [9.17, 15) is 4.79 Å². The van der Waals surface area contributed by atoms with Gasteiger partial charge >= 0.3 is 0 Å². The van der Waals surface area contributed by atoms with Crippen molar-refractivity contribution < 1.29 is 14.3 Å². The number of nitrogens with one attached hydrogen (secondary N) is 2. The van der Waals surface area contributed by atoms with Gasteiger partial charge in [0.15, 0.2) is 6.61 Å². The van der Waals surface area contributed by atoms with E-state index in [1.165, 1.54) is 6.42 Å². The van der Waals surface area contributed by atoms with E-state index in [0.717, 1.165) is 19.5 Å². The molecule has 1 aromatic heterocycles. The molecule has 1 aliphatic heterocycles. The Balaban J connectivity index is 0.00000182. The number of hydrogen-bond acceptors (Lipinski definition) is 5. The second-order valence-corrected chi connectivity index (χ2v) is 6.03. The predicted molar refractivity (Wildman–Crippen MR) is 109 cm³/mol. The molecule has 1 amide bonds. The van der Waals surface area contributed by atoms with Crippen LogP contribution in [0.3, 0.4) is 0 Å². The molecular formula is C19H25Cl2N3O3. The largest absolute Gasteiger partial charge is 0.484 e. The van der Waals surface area contributed by atoms with Crippen LogP contribution in [-0.4, -0.2) is 37.1 Å². The molecule has 27 heavy (non-hydrogen) atoms. The van der Waals surface area contributed by atoms with Crippen LogP contribution < -0.4 is 20.1 Å². The maximum Gasteiger partial charge on any atom is 0.257 e. The fourth-order valence-corrected chi connectivity index (χ4v) is 2.71. The third-order valence-electron chi connectivity index (χ3n) is 4.09. The van der Waals surface area contributed by atoms with Crippen LogP contribution in [0.15, 0.2) is 48.7 Å². The molecule has 1 saturated heterocycles. The smallest absolute Gasteiger partial charge is 0.257 e. The Morgan fingerprint density at radius 3 is 2.59 bits per heavy atom. The molecule has 1 fully saturated rings. The van der Waals surface area contributed by atoms with E-state index in [4.69, 9.17) is 9.47 Å². The Morgan fingerprint density at radius 2 is 1.93 bits per heavy atom. The average molecular weight is 414 g/mol. The Labute approximate surface area is 171 Å². The van der Waals surface area contributed by atoms with Crippen LogP contribution in [0.2, 0.25) is 0 Å². The van der Waals surface area contributed by atoms with Gasteiger partial charge in [-0.25, -0.2) is 4.98 Å². The molecule has 1 aromatic carbocycles. The van der Waals surface area contributed by atoms with E-state index in [-0.39, 0.29) is 37.3 Å². The van der Waals surface area contributed by atoms with Gasteiger partial charge in [-0.2, -0.15) is 0 Å². The number of rotatable bonds is 8. The number of benzene rings is 1. The summed E-state index contributed by atoms with van der Waals surface area (Å²) in [6.07, 6.45) is 3.88. The van der Waals surface area contributed by atoms with Gasteiger partial charge in [-0.05, 0) is 62.2 Å². The third kappa shape index (κ3) is 8.03. The Hall–Kier alpha value is -2.02. The van der Waals surface area contributed by atoms with Crippen molar-refractivity contribution in [2.75, 3.05) is 26.2 Å². The maximum atomic E-state index is 11.8. The third-order valence-corrected chi connectivity index (χ3v) is 4.09. The van der Waals surface area contributed by atoms with E-state index >= 15 is 0 Å². The summed E-state index contributed by atoms with van der Waals surface area (Å²) in [6.45, 7) is 2.86. The van der Waals surface area contributed by atoms with Crippen LogP contribution >= 0.6 is 24.8 Å². The second kappa shape index (κ2) is 12.4. The van der Waals surface area contributed by atoms with Gasteiger partial charge in [0.05, 0.1) is 0 Å². The number of halogens is 2. The molecule has 0 spiro atoms. The van der Waals surface area contributed by atoms with Crippen LogP contribution in [0, 0.1) is 5.92 Å². The molecule has 6 nitrogen and oxygen atoms in total. The number of hydrogen-bond donors (Lipinski definition) is 2. The standard InChI is InChI=1S/C19H23N3O3.2ClH/c23-18(21-12-9-15-8-11-20-13-15)14-24-16-4-6-17(7-5-16)25-19-3-1-2-10-22-19;;/h1-7,10,15,20H,8-9,11-14H2,(H,21,23);2*1H. The molecule has 2 aromatic rings. The summed E-state index contributed by atoms with van der Waals surface area (Å²) in [5, 5.41) is 6.22. The van der Waals surface area contributed by atoms with Crippen molar-refractivity contribution in [3.63, 3.8) is 0 Å². The quantitative estimate of drug-likeness (QED) is 0.694. The zero-order valence-electron chi connectivity index (χ0n) is 14.9. The van der Waals surface area contributed by atoms with Crippen LogP contribution in [0.4, 0.5) is 0 Å². The molecule has 148 valence electrons. The summed E-state index contributed by atoms with van der Waals surface area (Å²) < 4.78 is 11.1. The minimum absolute atomic E-state index is 0. The summed E-state index contributed by atoms with van der Waals surface area (Å²) >= 11 is 0. The summed E-state index contributed by atoms with van der Waals surface area (Å²) in [7, 11) is 0. The normalized spacial score (nSPS) is 15.2. The first-order valence-corrected chi connectivity index (χ1v) is 8.59. The van der Waals surface area contributed by atoms with E-state index in [0.29, 0.717) is 29.8 Å². The minimum Gasteiger partial charge on any atom is -0.484 e. The highest BCUT2D eigenvalue weighted by atomic mass is 35.5. The van der Waals surface area contributed by atoms with Gasteiger partial charge < -0.3 is 20.1 Å². The van der Waals surface area contributed by atoms with Gasteiger partial charge in [-0.3, -0.25) is 4.79 Å². The van der Waals surface area contributed by atoms with Crippen LogP contribution in [0.25, 0.3) is 0 Å². The summed E-state index contributed by atoms with van der Waals surface area (Å²) in [4.78, 5) is 15.9. The predicted octanol–water partition coefficient (Wildman–Crippen LogP) is 3.21. The summed E-state index contributed by atoms with van der Waals surface area (Å²) in [5.74, 6) is 2.41. The number of amides is 1. The van der Waals surface area contributed by atoms with Gasteiger partial charge in [-0.1, -0.05) is 6.07 Å². The van der Waals surface area contributed by atoms with Gasteiger partial charge in [0.2, 0.25) is 5.88 Å². The highest BCUT2D eigenvalue weighted by molar-refractivity contribution is 5.85. The lowest BCUT2D eigenvalue weighted by atomic mass is 10.1. The minimum atomic E-state index is -0.0974. The highest BCUT2D eigenvalue weighted by Crippen LogP contribution is 2.22. The lowest BCUT2D eigenvalue weighted by Gasteiger charge is -2.10. The molecule has 0 bridgehead atoms. The van der Waals surface area contributed by atoms with E-state index in [2.05, 4.69) is 15.6 Å². The van der Waals surface area contributed by atoms with E-state index in [1.807, 2.05) is 12.1 Å². The Morgan fingerprint density at radius 1 is 1.15 bits per heavy atom. The number of aromatic nitrogens is 1. The van der Waals surface area contributed by atoms with Crippen molar-refractivity contribution in [1.82, 2.24) is 15.6 Å². The molecule has 8 heteroatoms. The summed E-state index contributed by atoms with van der Waals surface area (Å²) in [5.41, 5.74) is 0. The number of carbonyl (C=O) groups is 1. The monoisotopic (exact) mass is 413 g/mol. The zero-order chi connectivity index (χ0) is 17.3. The number of carbonyl (C=O) groups excluding carboxylic acids is 1. The molecular weight excluding hydrogens is 389 g/mol. The molecule has 0 aliphatic carbocycles. The van der Waals surface area contributed by atoms with Gasteiger partial charge in [-0.15, -0.1) is 24.8 Å². The van der Waals surface area contributed by atoms with Crippen molar-refractivity contribution in [2.24, 2.45) is 5.92 Å². The van der Waals surface area contributed by atoms with E-state index in [1.54, 1.807) is 36.5 Å². The molecule has 1 unspecified atom stereocenters. The first-order valence-electron chi connectivity index (χ1n) is 8.59. The van der Waals surface area contributed by atoms with Crippen LogP contribution in [0.5, 0.6) is 17.4 Å². The second-order valence-electron chi connectivity index (χ2n) is 6.03. The van der Waals surface area contributed by atoms with Crippen LogP contribution in [-0.2, 0) is 4.79 Å². The zero-order valence-corrected chi connectivity index (χ0v) is 16.6. The highest BCUT2D eigenvalue weighted by Gasteiger charge is 2.14. The lowest BCUT2D eigenvalue weighted by molar-refractivity contribution is -0.123. The van der Waals surface area contributed by atoms with E-state index < -0.39 is 0 Å². The van der Waals surface area contributed by atoms with Crippen molar-refractivity contribution >= 4 is 30.7 Å². The van der Waals surface area contributed by atoms with Crippen LogP contribution in [0.1, 0.15) is 12.8 Å². The van der Waals surface area contributed by atoms with Crippen molar-refractivity contribution in [3.8, 4) is 17.4 Å². The molecule has 2 N–H and O–H groups in total. The lowest BCUT2D eigenvalue weighted by Crippen LogP contribution is -2.30.